The molecular formula is C21H25N3O. The average Bonchev–Trinajstić information content (AvgIpc) is 2.66. The van der Waals surface area contributed by atoms with Crippen molar-refractivity contribution in [3.63, 3.8) is 0 Å². The van der Waals surface area contributed by atoms with E-state index in [9.17, 15) is 4.79 Å². The molecule has 0 radical (unpaired) electrons. The van der Waals surface area contributed by atoms with Crippen LogP contribution in [0.1, 0.15) is 44.1 Å². The number of aromatic nitrogens is 2. The molecule has 1 atom stereocenters. The molecule has 4 nitrogen and oxygen atoms in total. The molecule has 0 spiro atoms. The summed E-state index contributed by atoms with van der Waals surface area (Å²) in [5, 5.41) is 4.20. The van der Waals surface area contributed by atoms with Crippen LogP contribution in [0.5, 0.6) is 0 Å². The third-order valence-electron chi connectivity index (χ3n) is 4.44. The van der Waals surface area contributed by atoms with Gasteiger partial charge in [0.1, 0.15) is 5.82 Å². The summed E-state index contributed by atoms with van der Waals surface area (Å²) in [6.07, 6.45) is 1.94. The lowest BCUT2D eigenvalue weighted by molar-refractivity contribution is 0.467. The second-order valence-electron chi connectivity index (χ2n) is 6.28. The lowest BCUT2D eigenvalue weighted by Crippen LogP contribution is -2.32. The number of benzene rings is 2. The molecule has 0 bridgehead atoms. The third-order valence-corrected chi connectivity index (χ3v) is 4.44. The second kappa shape index (κ2) is 8.08. The monoisotopic (exact) mass is 335 g/mol. The van der Waals surface area contributed by atoms with Gasteiger partial charge in [-0.1, -0.05) is 56.3 Å². The zero-order chi connectivity index (χ0) is 17.6. The SMILES string of the molecule is CCCN[C@@H](CC)c1nc2ccccc2c(=O)n1Cc1ccccc1. The van der Waals surface area contributed by atoms with Crippen molar-refractivity contribution in [1.82, 2.24) is 14.9 Å². The zero-order valence-electron chi connectivity index (χ0n) is 14.9. The van der Waals surface area contributed by atoms with Crippen molar-refractivity contribution in [1.29, 1.82) is 0 Å². The molecule has 1 heterocycles. The van der Waals surface area contributed by atoms with E-state index >= 15 is 0 Å². The van der Waals surface area contributed by atoms with Gasteiger partial charge in [-0.15, -0.1) is 0 Å². The maximum atomic E-state index is 13.1. The first-order valence-corrected chi connectivity index (χ1v) is 9.01. The molecule has 0 saturated carbocycles. The van der Waals surface area contributed by atoms with Gasteiger partial charge >= 0.3 is 0 Å². The molecule has 3 rings (SSSR count). The highest BCUT2D eigenvalue weighted by atomic mass is 16.1. The van der Waals surface area contributed by atoms with E-state index in [0.29, 0.717) is 11.9 Å². The molecule has 0 amide bonds. The number of rotatable bonds is 7. The normalized spacial score (nSPS) is 12.4. The topological polar surface area (TPSA) is 46.9 Å². The number of para-hydroxylation sites is 1. The van der Waals surface area contributed by atoms with Crippen molar-refractivity contribution in [3.05, 3.63) is 76.3 Å². The van der Waals surface area contributed by atoms with Gasteiger partial charge in [-0.2, -0.15) is 0 Å². The Balaban J connectivity index is 2.14. The largest absolute Gasteiger partial charge is 0.307 e. The minimum atomic E-state index is 0.0289. The molecule has 4 heteroatoms. The van der Waals surface area contributed by atoms with Crippen LogP contribution in [0.2, 0.25) is 0 Å². The van der Waals surface area contributed by atoms with E-state index in [1.165, 1.54) is 0 Å². The lowest BCUT2D eigenvalue weighted by Gasteiger charge is -2.21. The van der Waals surface area contributed by atoms with Crippen LogP contribution < -0.4 is 10.9 Å². The molecule has 0 aliphatic heterocycles. The zero-order valence-corrected chi connectivity index (χ0v) is 14.9. The highest BCUT2D eigenvalue weighted by molar-refractivity contribution is 5.77. The van der Waals surface area contributed by atoms with Crippen molar-refractivity contribution in [3.8, 4) is 0 Å². The predicted molar refractivity (Wildman–Crippen MR) is 103 cm³/mol. The summed E-state index contributed by atoms with van der Waals surface area (Å²) in [6, 6.07) is 17.8. The predicted octanol–water partition coefficient (Wildman–Crippen LogP) is 3.90. The fourth-order valence-electron chi connectivity index (χ4n) is 3.11. The van der Waals surface area contributed by atoms with E-state index in [-0.39, 0.29) is 11.6 Å². The van der Waals surface area contributed by atoms with Gasteiger partial charge in [0.05, 0.1) is 23.5 Å². The summed E-state index contributed by atoms with van der Waals surface area (Å²) in [5.41, 5.74) is 1.90. The van der Waals surface area contributed by atoms with E-state index in [4.69, 9.17) is 4.98 Å². The van der Waals surface area contributed by atoms with Crippen molar-refractivity contribution in [2.75, 3.05) is 6.54 Å². The molecule has 0 aliphatic rings. The maximum absolute atomic E-state index is 13.1. The van der Waals surface area contributed by atoms with Gasteiger partial charge in [-0.05, 0) is 37.1 Å². The van der Waals surface area contributed by atoms with Crippen molar-refractivity contribution in [2.45, 2.75) is 39.3 Å². The fourth-order valence-corrected chi connectivity index (χ4v) is 3.11. The molecular weight excluding hydrogens is 310 g/mol. The van der Waals surface area contributed by atoms with Crippen LogP contribution in [0, 0.1) is 0 Å². The van der Waals surface area contributed by atoms with Crippen LogP contribution in [0.4, 0.5) is 0 Å². The Hall–Kier alpha value is -2.46. The Morgan fingerprint density at radius 1 is 1.04 bits per heavy atom. The van der Waals surface area contributed by atoms with Gasteiger partial charge in [0.25, 0.3) is 5.56 Å². The highest BCUT2D eigenvalue weighted by Gasteiger charge is 2.18. The summed E-state index contributed by atoms with van der Waals surface area (Å²) >= 11 is 0. The maximum Gasteiger partial charge on any atom is 0.261 e. The molecule has 25 heavy (non-hydrogen) atoms. The molecule has 3 aromatic rings. The van der Waals surface area contributed by atoms with Crippen LogP contribution >= 0.6 is 0 Å². The molecule has 1 N–H and O–H groups in total. The standard InChI is InChI=1S/C21H25N3O/c1-3-14-22-18(4-2)20-23-19-13-9-8-12-17(19)21(25)24(20)15-16-10-6-5-7-11-16/h5-13,18,22H,3-4,14-15H2,1-2H3/t18-/m0/s1. The first-order valence-electron chi connectivity index (χ1n) is 9.01. The van der Waals surface area contributed by atoms with Crippen molar-refractivity contribution >= 4 is 10.9 Å². The Morgan fingerprint density at radius 3 is 2.48 bits per heavy atom. The minimum Gasteiger partial charge on any atom is -0.307 e. The van der Waals surface area contributed by atoms with Crippen molar-refractivity contribution in [2.24, 2.45) is 0 Å². The molecule has 0 fully saturated rings. The lowest BCUT2D eigenvalue weighted by atomic mass is 10.1. The summed E-state index contributed by atoms with van der Waals surface area (Å²) in [7, 11) is 0. The summed E-state index contributed by atoms with van der Waals surface area (Å²) in [4.78, 5) is 18.0. The van der Waals surface area contributed by atoms with Gasteiger partial charge in [0.2, 0.25) is 0 Å². The van der Waals surface area contributed by atoms with Crippen LogP contribution in [0.25, 0.3) is 10.9 Å². The number of fused-ring (bicyclic) bond motifs is 1. The van der Waals surface area contributed by atoms with Gasteiger partial charge in [-0.25, -0.2) is 4.98 Å². The summed E-state index contributed by atoms with van der Waals surface area (Å²) < 4.78 is 1.83. The second-order valence-corrected chi connectivity index (χ2v) is 6.28. The Bertz CT molecular complexity index is 887. The van der Waals surface area contributed by atoms with Crippen molar-refractivity contribution < 1.29 is 0 Å². The van der Waals surface area contributed by atoms with E-state index in [0.717, 1.165) is 36.3 Å². The van der Waals surface area contributed by atoms with Gasteiger partial charge in [-0.3, -0.25) is 9.36 Å². The van der Waals surface area contributed by atoms with Gasteiger partial charge < -0.3 is 5.32 Å². The Morgan fingerprint density at radius 2 is 1.76 bits per heavy atom. The van der Waals surface area contributed by atoms with E-state index in [1.807, 2.05) is 59.2 Å². The van der Waals surface area contributed by atoms with Gasteiger partial charge in [0.15, 0.2) is 0 Å². The first kappa shape index (κ1) is 17.4. The number of nitrogens with one attached hydrogen (secondary N) is 1. The molecule has 2 aromatic carbocycles. The Labute approximate surface area is 148 Å². The molecule has 0 aliphatic carbocycles. The molecule has 0 unspecified atom stereocenters. The number of hydrogen-bond donors (Lipinski definition) is 1. The number of nitrogens with zero attached hydrogens (tertiary/aromatic N) is 2. The fraction of sp³-hybridized carbons (Fsp3) is 0.333. The highest BCUT2D eigenvalue weighted by Crippen LogP contribution is 2.18. The smallest absolute Gasteiger partial charge is 0.261 e. The van der Waals surface area contributed by atoms with Gasteiger partial charge in [0, 0.05) is 0 Å². The number of hydrogen-bond acceptors (Lipinski definition) is 3. The van der Waals surface area contributed by atoms with Crippen LogP contribution in [-0.2, 0) is 6.54 Å². The van der Waals surface area contributed by atoms with E-state index in [2.05, 4.69) is 19.2 Å². The summed E-state index contributed by atoms with van der Waals surface area (Å²) in [6.45, 7) is 5.72. The van der Waals surface area contributed by atoms with E-state index < -0.39 is 0 Å². The first-order chi connectivity index (χ1) is 12.2. The van der Waals surface area contributed by atoms with Crippen LogP contribution in [-0.4, -0.2) is 16.1 Å². The van der Waals surface area contributed by atoms with E-state index in [1.54, 1.807) is 0 Å². The van der Waals surface area contributed by atoms with Crippen LogP contribution in [0.3, 0.4) is 0 Å². The third kappa shape index (κ3) is 3.80. The summed E-state index contributed by atoms with van der Waals surface area (Å²) in [5.74, 6) is 0.823. The molecule has 130 valence electrons. The van der Waals surface area contributed by atoms with Crippen LogP contribution in [0.15, 0.2) is 59.4 Å². The molecule has 1 aromatic heterocycles. The average molecular weight is 335 g/mol. The quantitative estimate of drug-likeness (QED) is 0.712. The Kier molecular flexibility index (Phi) is 5.61. The minimum absolute atomic E-state index is 0.0289. The molecule has 0 saturated heterocycles.